The van der Waals surface area contributed by atoms with Gasteiger partial charge in [0.05, 0.1) is 12.5 Å². The van der Waals surface area contributed by atoms with Gasteiger partial charge in [0.25, 0.3) is 5.91 Å². The Morgan fingerprint density at radius 3 is 2.56 bits per heavy atom. The lowest BCUT2D eigenvalue weighted by molar-refractivity contribution is -0.145. The quantitative estimate of drug-likeness (QED) is 0.880. The van der Waals surface area contributed by atoms with Gasteiger partial charge < -0.3 is 14.7 Å². The Labute approximate surface area is 162 Å². The molecule has 4 rings (SSSR count). The van der Waals surface area contributed by atoms with Crippen molar-refractivity contribution >= 4 is 23.5 Å². The van der Waals surface area contributed by atoms with Gasteiger partial charge >= 0.3 is 5.97 Å². The second kappa shape index (κ2) is 7.33. The summed E-state index contributed by atoms with van der Waals surface area (Å²) < 4.78 is 5.77. The first-order chi connectivity index (χ1) is 13.0. The number of carboxylic acid groups (broad SMARTS) is 1. The molecular weight excluding hydrogens is 366 g/mol. The molecule has 27 heavy (non-hydrogen) atoms. The van der Waals surface area contributed by atoms with Crippen LogP contribution in [0.1, 0.15) is 28.7 Å². The van der Waals surface area contributed by atoms with Crippen molar-refractivity contribution in [3.8, 4) is 0 Å². The number of halogens is 1. The average molecular weight is 386 g/mol. The van der Waals surface area contributed by atoms with Crippen LogP contribution >= 0.6 is 11.6 Å². The number of fused-ring (bicyclic) bond motifs is 1. The van der Waals surface area contributed by atoms with Crippen molar-refractivity contribution in [3.05, 3.63) is 70.2 Å². The molecule has 0 saturated carbocycles. The summed E-state index contributed by atoms with van der Waals surface area (Å²) in [5.74, 6) is -1.96. The largest absolute Gasteiger partial charge is 0.481 e. The molecular formula is C21H20ClNO4. The number of carboxylic acids is 1. The van der Waals surface area contributed by atoms with Crippen molar-refractivity contribution in [3.63, 3.8) is 0 Å². The third kappa shape index (κ3) is 3.45. The number of benzene rings is 2. The van der Waals surface area contributed by atoms with Crippen LogP contribution in [0, 0.1) is 5.92 Å². The highest BCUT2D eigenvalue weighted by atomic mass is 35.5. The number of carbonyl (C=O) groups is 2. The standard InChI is InChI=1S/C21H20ClNO4/c22-15-7-5-14(6-8-15)17-11-23(12-18(17)21(25)26)20(24)19-16-4-2-1-3-13(16)9-10-27-19/h1-8,17-19H,9-12H2,(H,25,26)/t17-,18+,19?/m0/s1. The molecule has 0 spiro atoms. The topological polar surface area (TPSA) is 66.8 Å². The van der Waals surface area contributed by atoms with Crippen LogP contribution in [-0.2, 0) is 20.7 Å². The third-order valence-electron chi connectivity index (χ3n) is 5.46. The van der Waals surface area contributed by atoms with Gasteiger partial charge in [0, 0.05) is 24.0 Å². The van der Waals surface area contributed by atoms with E-state index in [1.54, 1.807) is 17.0 Å². The van der Waals surface area contributed by atoms with Gasteiger partial charge in [0.1, 0.15) is 0 Å². The van der Waals surface area contributed by atoms with E-state index in [0.29, 0.717) is 18.2 Å². The lowest BCUT2D eigenvalue weighted by atomic mass is 9.89. The van der Waals surface area contributed by atoms with E-state index in [2.05, 4.69) is 0 Å². The molecule has 1 saturated heterocycles. The number of amides is 1. The van der Waals surface area contributed by atoms with Crippen LogP contribution in [0.3, 0.4) is 0 Å². The van der Waals surface area contributed by atoms with E-state index in [4.69, 9.17) is 16.3 Å². The molecule has 2 aliphatic rings. The summed E-state index contributed by atoms with van der Waals surface area (Å²) in [6.07, 6.45) is 0.124. The SMILES string of the molecule is O=C(O)[C@@H]1CN(C(=O)C2OCCc3ccccc32)C[C@H]1c1ccc(Cl)cc1. The van der Waals surface area contributed by atoms with Crippen molar-refractivity contribution in [1.82, 2.24) is 4.90 Å². The molecule has 0 aromatic heterocycles. The highest BCUT2D eigenvalue weighted by molar-refractivity contribution is 6.30. The van der Waals surface area contributed by atoms with E-state index >= 15 is 0 Å². The number of hydrogen-bond donors (Lipinski definition) is 1. The summed E-state index contributed by atoms with van der Waals surface area (Å²) in [4.78, 5) is 26.6. The zero-order chi connectivity index (χ0) is 19.0. The summed E-state index contributed by atoms with van der Waals surface area (Å²) >= 11 is 5.95. The van der Waals surface area contributed by atoms with Gasteiger partial charge in [-0.25, -0.2) is 0 Å². The van der Waals surface area contributed by atoms with Crippen LogP contribution in [0.5, 0.6) is 0 Å². The monoisotopic (exact) mass is 385 g/mol. The summed E-state index contributed by atoms with van der Waals surface area (Å²) in [6, 6.07) is 15.0. The maximum absolute atomic E-state index is 13.1. The third-order valence-corrected chi connectivity index (χ3v) is 5.72. The van der Waals surface area contributed by atoms with Gasteiger partial charge in [0.2, 0.25) is 0 Å². The second-order valence-electron chi connectivity index (χ2n) is 7.05. The highest BCUT2D eigenvalue weighted by Gasteiger charge is 2.43. The van der Waals surface area contributed by atoms with Gasteiger partial charge in [-0.05, 0) is 35.2 Å². The van der Waals surface area contributed by atoms with Crippen LogP contribution in [0.25, 0.3) is 0 Å². The molecule has 3 atom stereocenters. The number of rotatable bonds is 3. The van der Waals surface area contributed by atoms with E-state index in [1.165, 1.54) is 0 Å². The maximum atomic E-state index is 13.1. The molecule has 2 aliphatic heterocycles. The van der Waals surface area contributed by atoms with Crippen molar-refractivity contribution in [1.29, 1.82) is 0 Å². The summed E-state index contributed by atoms with van der Waals surface area (Å²) in [5, 5.41) is 10.3. The van der Waals surface area contributed by atoms with Crippen LogP contribution in [0.4, 0.5) is 0 Å². The lowest BCUT2D eigenvalue weighted by Crippen LogP contribution is -2.37. The van der Waals surface area contributed by atoms with Gasteiger partial charge in [-0.2, -0.15) is 0 Å². The molecule has 2 aromatic rings. The van der Waals surface area contributed by atoms with Crippen molar-refractivity contribution in [2.75, 3.05) is 19.7 Å². The Balaban J connectivity index is 1.59. The van der Waals surface area contributed by atoms with E-state index in [-0.39, 0.29) is 18.4 Å². The smallest absolute Gasteiger partial charge is 0.308 e. The summed E-state index contributed by atoms with van der Waals surface area (Å²) in [6.45, 7) is 1.03. The number of ether oxygens (including phenoxy) is 1. The fourth-order valence-electron chi connectivity index (χ4n) is 4.05. The lowest BCUT2D eigenvalue weighted by Gasteiger charge is -2.28. The predicted molar refractivity (Wildman–Crippen MR) is 101 cm³/mol. The number of likely N-dealkylation sites (tertiary alicyclic amines) is 1. The molecule has 0 radical (unpaired) electrons. The minimum atomic E-state index is -0.893. The van der Waals surface area contributed by atoms with E-state index < -0.39 is 18.0 Å². The summed E-state index contributed by atoms with van der Waals surface area (Å²) in [5.41, 5.74) is 2.88. The summed E-state index contributed by atoms with van der Waals surface area (Å²) in [7, 11) is 0. The van der Waals surface area contributed by atoms with E-state index in [1.807, 2.05) is 36.4 Å². The van der Waals surface area contributed by atoms with Crippen LogP contribution in [0.15, 0.2) is 48.5 Å². The number of aliphatic carboxylic acids is 1. The molecule has 0 aliphatic carbocycles. The second-order valence-corrected chi connectivity index (χ2v) is 7.48. The number of carbonyl (C=O) groups excluding carboxylic acids is 1. The van der Waals surface area contributed by atoms with Crippen molar-refractivity contribution < 1.29 is 19.4 Å². The molecule has 6 heteroatoms. The van der Waals surface area contributed by atoms with Crippen LogP contribution in [0.2, 0.25) is 5.02 Å². The molecule has 1 amide bonds. The first-order valence-corrected chi connectivity index (χ1v) is 9.39. The Kier molecular flexibility index (Phi) is 4.89. The number of hydrogen-bond acceptors (Lipinski definition) is 3. The Bertz CT molecular complexity index is 867. The van der Waals surface area contributed by atoms with Crippen molar-refractivity contribution in [2.24, 2.45) is 5.92 Å². The van der Waals surface area contributed by atoms with E-state index in [9.17, 15) is 14.7 Å². The zero-order valence-electron chi connectivity index (χ0n) is 14.7. The first kappa shape index (κ1) is 18.0. The van der Waals surface area contributed by atoms with Crippen LogP contribution in [-0.4, -0.2) is 41.6 Å². The Hall–Kier alpha value is -2.37. The number of nitrogens with zero attached hydrogens (tertiary/aromatic N) is 1. The van der Waals surface area contributed by atoms with Gasteiger partial charge in [-0.1, -0.05) is 48.0 Å². The normalized spacial score (nSPS) is 24.5. The minimum absolute atomic E-state index is 0.162. The molecule has 1 unspecified atom stereocenters. The fraction of sp³-hybridized carbons (Fsp3) is 0.333. The van der Waals surface area contributed by atoms with Gasteiger partial charge in [-0.3, -0.25) is 9.59 Å². The minimum Gasteiger partial charge on any atom is -0.481 e. The Morgan fingerprint density at radius 2 is 1.81 bits per heavy atom. The first-order valence-electron chi connectivity index (χ1n) is 9.01. The van der Waals surface area contributed by atoms with Gasteiger partial charge in [-0.15, -0.1) is 0 Å². The Morgan fingerprint density at radius 1 is 1.07 bits per heavy atom. The molecule has 1 N–H and O–H groups in total. The molecule has 5 nitrogen and oxygen atoms in total. The van der Waals surface area contributed by atoms with Crippen LogP contribution < -0.4 is 0 Å². The highest BCUT2D eigenvalue weighted by Crippen LogP contribution is 2.36. The molecule has 1 fully saturated rings. The van der Waals surface area contributed by atoms with Gasteiger partial charge in [0.15, 0.2) is 6.10 Å². The molecule has 2 heterocycles. The predicted octanol–water partition coefficient (Wildman–Crippen LogP) is 3.28. The maximum Gasteiger partial charge on any atom is 0.308 e. The molecule has 0 bridgehead atoms. The zero-order valence-corrected chi connectivity index (χ0v) is 15.4. The average Bonchev–Trinajstić information content (AvgIpc) is 3.13. The molecule has 2 aromatic carbocycles. The fourth-order valence-corrected chi connectivity index (χ4v) is 4.17. The van der Waals surface area contributed by atoms with E-state index in [0.717, 1.165) is 23.1 Å². The van der Waals surface area contributed by atoms with Crippen molar-refractivity contribution in [2.45, 2.75) is 18.4 Å². The molecule has 140 valence electrons.